The van der Waals surface area contributed by atoms with Crippen LogP contribution in [0.3, 0.4) is 0 Å². The zero-order valence-electron chi connectivity index (χ0n) is 10.0. The molecule has 0 spiro atoms. The standard InChI is InChI=1S/C14H16N2O/c1-16-12-9-5-4-8-11(12)13(15-16)14(17)10-6-2-3-7-10/h4-5,8-10H,2-3,6-7H2,1H3. The van der Waals surface area contributed by atoms with Gasteiger partial charge >= 0.3 is 0 Å². The fourth-order valence-electron chi connectivity index (χ4n) is 2.78. The first kappa shape index (κ1) is 10.5. The molecule has 3 heteroatoms. The highest BCUT2D eigenvalue weighted by Gasteiger charge is 2.27. The number of fused-ring (bicyclic) bond motifs is 1. The Bertz CT molecular complexity index is 565. The predicted molar refractivity (Wildman–Crippen MR) is 67.0 cm³/mol. The van der Waals surface area contributed by atoms with Crippen molar-refractivity contribution >= 4 is 16.7 Å². The molecule has 3 rings (SSSR count). The number of carbonyl (C=O) groups is 1. The predicted octanol–water partition coefficient (Wildman–Crippen LogP) is 2.95. The van der Waals surface area contributed by atoms with Gasteiger partial charge in [0.25, 0.3) is 0 Å². The van der Waals surface area contributed by atoms with Gasteiger partial charge < -0.3 is 0 Å². The van der Waals surface area contributed by atoms with Gasteiger partial charge in [0.15, 0.2) is 5.78 Å². The van der Waals surface area contributed by atoms with E-state index in [-0.39, 0.29) is 11.7 Å². The van der Waals surface area contributed by atoms with Crippen LogP contribution in [0.25, 0.3) is 10.9 Å². The molecule has 1 heterocycles. The van der Waals surface area contributed by atoms with Crippen molar-refractivity contribution in [2.45, 2.75) is 25.7 Å². The largest absolute Gasteiger partial charge is 0.292 e. The Morgan fingerprint density at radius 1 is 1.29 bits per heavy atom. The Labute approximate surface area is 100 Å². The third kappa shape index (κ3) is 1.66. The van der Waals surface area contributed by atoms with E-state index in [4.69, 9.17) is 0 Å². The van der Waals surface area contributed by atoms with E-state index in [9.17, 15) is 4.79 Å². The molecule has 0 bridgehead atoms. The number of para-hydroxylation sites is 1. The minimum Gasteiger partial charge on any atom is -0.292 e. The van der Waals surface area contributed by atoms with Gasteiger partial charge in [-0.05, 0) is 18.9 Å². The van der Waals surface area contributed by atoms with E-state index in [0.29, 0.717) is 5.69 Å². The van der Waals surface area contributed by atoms with Crippen LogP contribution in [0.15, 0.2) is 24.3 Å². The van der Waals surface area contributed by atoms with Gasteiger partial charge in [-0.2, -0.15) is 5.10 Å². The second-order valence-corrected chi connectivity index (χ2v) is 4.83. The van der Waals surface area contributed by atoms with Gasteiger partial charge in [0.2, 0.25) is 0 Å². The summed E-state index contributed by atoms with van der Waals surface area (Å²) in [5.74, 6) is 0.438. The molecule has 3 nitrogen and oxygen atoms in total. The van der Waals surface area contributed by atoms with Crippen LogP contribution in [0.1, 0.15) is 36.2 Å². The molecule has 0 amide bonds. The molecular formula is C14H16N2O. The third-order valence-corrected chi connectivity index (χ3v) is 3.72. The van der Waals surface area contributed by atoms with Crippen molar-refractivity contribution in [3.8, 4) is 0 Å². The molecule has 88 valence electrons. The second kappa shape index (κ2) is 3.99. The first-order valence-electron chi connectivity index (χ1n) is 6.23. The number of hydrogen-bond donors (Lipinski definition) is 0. The Morgan fingerprint density at radius 2 is 2.00 bits per heavy atom. The number of rotatable bonds is 2. The Kier molecular flexibility index (Phi) is 2.46. The van der Waals surface area contributed by atoms with E-state index < -0.39 is 0 Å². The number of Topliss-reactive ketones (excluding diaryl/α,β-unsaturated/α-hetero) is 1. The summed E-state index contributed by atoms with van der Waals surface area (Å²) >= 11 is 0. The summed E-state index contributed by atoms with van der Waals surface area (Å²) in [7, 11) is 1.90. The molecule has 1 aliphatic carbocycles. The van der Waals surface area contributed by atoms with Crippen molar-refractivity contribution in [1.82, 2.24) is 9.78 Å². The highest BCUT2D eigenvalue weighted by atomic mass is 16.1. The molecule has 1 aromatic carbocycles. The Hall–Kier alpha value is -1.64. The van der Waals surface area contributed by atoms with Gasteiger partial charge in [0, 0.05) is 18.4 Å². The van der Waals surface area contributed by atoms with Crippen molar-refractivity contribution in [2.24, 2.45) is 13.0 Å². The lowest BCUT2D eigenvalue weighted by Crippen LogP contribution is -2.12. The van der Waals surface area contributed by atoms with Crippen molar-refractivity contribution in [1.29, 1.82) is 0 Å². The lowest BCUT2D eigenvalue weighted by molar-refractivity contribution is 0.0918. The normalized spacial score (nSPS) is 16.8. The van der Waals surface area contributed by atoms with Crippen LogP contribution in [0.2, 0.25) is 0 Å². The number of ketones is 1. The first-order chi connectivity index (χ1) is 8.27. The van der Waals surface area contributed by atoms with Crippen LogP contribution in [0, 0.1) is 5.92 Å². The van der Waals surface area contributed by atoms with Gasteiger partial charge in [0.1, 0.15) is 5.69 Å². The average molecular weight is 228 g/mol. The third-order valence-electron chi connectivity index (χ3n) is 3.72. The van der Waals surface area contributed by atoms with Crippen molar-refractivity contribution in [2.75, 3.05) is 0 Å². The van der Waals surface area contributed by atoms with Crippen LogP contribution in [-0.4, -0.2) is 15.6 Å². The molecule has 1 fully saturated rings. The number of aryl methyl sites for hydroxylation is 1. The Balaban J connectivity index is 2.08. The lowest BCUT2D eigenvalue weighted by atomic mass is 9.98. The van der Waals surface area contributed by atoms with Gasteiger partial charge in [0.05, 0.1) is 5.52 Å². The van der Waals surface area contributed by atoms with Gasteiger partial charge in [-0.3, -0.25) is 9.48 Å². The zero-order valence-corrected chi connectivity index (χ0v) is 10.0. The number of benzene rings is 1. The van der Waals surface area contributed by atoms with Gasteiger partial charge in [-0.1, -0.05) is 31.0 Å². The summed E-state index contributed by atoms with van der Waals surface area (Å²) in [4.78, 5) is 12.4. The van der Waals surface area contributed by atoms with Crippen molar-refractivity contribution < 1.29 is 4.79 Å². The molecular weight excluding hydrogens is 212 g/mol. The maximum absolute atomic E-state index is 12.4. The molecule has 1 saturated carbocycles. The molecule has 0 saturated heterocycles. The topological polar surface area (TPSA) is 34.9 Å². The van der Waals surface area contributed by atoms with Crippen molar-refractivity contribution in [3.05, 3.63) is 30.0 Å². The molecule has 0 aliphatic heterocycles. The van der Waals surface area contributed by atoms with E-state index in [2.05, 4.69) is 5.10 Å². The maximum Gasteiger partial charge on any atom is 0.186 e. The van der Waals surface area contributed by atoms with Crippen LogP contribution in [0.5, 0.6) is 0 Å². The summed E-state index contributed by atoms with van der Waals surface area (Å²) in [6.45, 7) is 0. The lowest BCUT2D eigenvalue weighted by Gasteiger charge is -2.04. The smallest absolute Gasteiger partial charge is 0.186 e. The maximum atomic E-state index is 12.4. The Morgan fingerprint density at radius 3 is 2.76 bits per heavy atom. The number of hydrogen-bond acceptors (Lipinski definition) is 2. The van der Waals surface area contributed by atoms with Crippen molar-refractivity contribution in [3.63, 3.8) is 0 Å². The van der Waals surface area contributed by atoms with E-state index >= 15 is 0 Å². The first-order valence-corrected chi connectivity index (χ1v) is 6.23. The molecule has 17 heavy (non-hydrogen) atoms. The average Bonchev–Trinajstić information content (AvgIpc) is 2.97. The SMILES string of the molecule is Cn1nc(C(=O)C2CCCC2)c2ccccc21. The fourth-order valence-corrected chi connectivity index (χ4v) is 2.78. The van der Waals surface area contributed by atoms with E-state index in [1.165, 1.54) is 12.8 Å². The van der Waals surface area contributed by atoms with Crippen LogP contribution < -0.4 is 0 Å². The van der Waals surface area contributed by atoms with E-state index in [0.717, 1.165) is 23.7 Å². The molecule has 0 radical (unpaired) electrons. The molecule has 0 atom stereocenters. The molecule has 1 aromatic heterocycles. The second-order valence-electron chi connectivity index (χ2n) is 4.83. The molecule has 1 aliphatic rings. The minimum atomic E-state index is 0.202. The molecule has 0 unspecified atom stereocenters. The molecule has 2 aromatic rings. The summed E-state index contributed by atoms with van der Waals surface area (Å²) in [5, 5.41) is 5.39. The van der Waals surface area contributed by atoms with E-state index in [1.807, 2.05) is 31.3 Å². The van der Waals surface area contributed by atoms with Crippen LogP contribution in [-0.2, 0) is 7.05 Å². The quantitative estimate of drug-likeness (QED) is 0.741. The zero-order chi connectivity index (χ0) is 11.8. The summed E-state index contributed by atoms with van der Waals surface area (Å²) in [6.07, 6.45) is 4.43. The summed E-state index contributed by atoms with van der Waals surface area (Å²) in [5.41, 5.74) is 1.70. The number of carbonyl (C=O) groups excluding carboxylic acids is 1. The summed E-state index contributed by atoms with van der Waals surface area (Å²) in [6, 6.07) is 7.95. The number of aromatic nitrogens is 2. The van der Waals surface area contributed by atoms with Crippen LogP contribution in [0.4, 0.5) is 0 Å². The monoisotopic (exact) mass is 228 g/mol. The van der Waals surface area contributed by atoms with E-state index in [1.54, 1.807) is 4.68 Å². The fraction of sp³-hybridized carbons (Fsp3) is 0.429. The highest BCUT2D eigenvalue weighted by molar-refractivity contribution is 6.07. The minimum absolute atomic E-state index is 0.202. The van der Waals surface area contributed by atoms with Gasteiger partial charge in [-0.15, -0.1) is 0 Å². The summed E-state index contributed by atoms with van der Waals surface area (Å²) < 4.78 is 1.80. The molecule has 0 N–H and O–H groups in total. The number of nitrogens with zero attached hydrogens (tertiary/aromatic N) is 2. The van der Waals surface area contributed by atoms with Gasteiger partial charge in [-0.25, -0.2) is 0 Å². The highest BCUT2D eigenvalue weighted by Crippen LogP contribution is 2.29. The van der Waals surface area contributed by atoms with Crippen LogP contribution >= 0.6 is 0 Å².